The van der Waals surface area contributed by atoms with Crippen molar-refractivity contribution in [2.45, 2.75) is 19.4 Å². The van der Waals surface area contributed by atoms with Crippen molar-refractivity contribution in [1.29, 1.82) is 0 Å². The number of piperazine rings is 2. The van der Waals surface area contributed by atoms with Gasteiger partial charge < -0.3 is 29.5 Å². The molecule has 1 N–H and O–H groups in total. The van der Waals surface area contributed by atoms with Crippen LogP contribution in [0.2, 0.25) is 0 Å². The van der Waals surface area contributed by atoms with Crippen LogP contribution in [0, 0.1) is 0 Å². The highest BCUT2D eigenvalue weighted by molar-refractivity contribution is 14.0. The van der Waals surface area contributed by atoms with Crippen molar-refractivity contribution in [3.63, 3.8) is 0 Å². The molecule has 2 saturated heterocycles. The zero-order valence-corrected chi connectivity index (χ0v) is 23.2. The van der Waals surface area contributed by atoms with E-state index in [9.17, 15) is 0 Å². The van der Waals surface area contributed by atoms with E-state index in [1.807, 2.05) is 19.2 Å². The molecule has 2 heterocycles. The summed E-state index contributed by atoms with van der Waals surface area (Å²) in [7, 11) is 7.53. The van der Waals surface area contributed by atoms with Crippen LogP contribution >= 0.6 is 24.0 Å². The summed E-state index contributed by atoms with van der Waals surface area (Å²) in [5.74, 6) is 2.82. The Bertz CT molecular complexity index is 719. The molecule has 1 aromatic rings. The average Bonchev–Trinajstić information content (AvgIpc) is 2.83. The molecule has 2 aliphatic rings. The van der Waals surface area contributed by atoms with Crippen LogP contribution < -0.4 is 14.8 Å². The van der Waals surface area contributed by atoms with E-state index < -0.39 is 0 Å². The van der Waals surface area contributed by atoms with Gasteiger partial charge in [-0.15, -0.1) is 24.0 Å². The summed E-state index contributed by atoms with van der Waals surface area (Å²) in [5.41, 5.74) is 1.17. The van der Waals surface area contributed by atoms with E-state index in [4.69, 9.17) is 9.47 Å². The minimum Gasteiger partial charge on any atom is -0.497 e. The Morgan fingerprint density at radius 1 is 0.939 bits per heavy atom. The van der Waals surface area contributed by atoms with Gasteiger partial charge in [0.1, 0.15) is 11.5 Å². The first-order valence-electron chi connectivity index (χ1n) is 11.9. The normalized spacial score (nSPS) is 18.7. The maximum atomic E-state index is 5.54. The number of likely N-dealkylation sites (N-methyl/N-ethyl adjacent to an activating group) is 1. The number of unbranched alkanes of at least 4 members (excludes halogenated alkanes) is 1. The molecule has 0 radical (unpaired) electrons. The molecule has 188 valence electrons. The Balaban J connectivity index is 0.00000385. The first kappa shape index (κ1) is 27.9. The van der Waals surface area contributed by atoms with Gasteiger partial charge >= 0.3 is 0 Å². The van der Waals surface area contributed by atoms with E-state index >= 15 is 0 Å². The number of methoxy groups -OCH3 is 2. The third kappa shape index (κ3) is 8.77. The SMILES string of the molecule is CN=C(NCCCCN1CCN(C)CC1)N1CCN(Cc2cc(OC)ccc2OC)CC1.I. The highest BCUT2D eigenvalue weighted by Crippen LogP contribution is 2.25. The molecule has 8 nitrogen and oxygen atoms in total. The van der Waals surface area contributed by atoms with Crippen LogP contribution in [-0.2, 0) is 6.54 Å². The highest BCUT2D eigenvalue weighted by Gasteiger charge is 2.21. The Labute approximate surface area is 217 Å². The minimum absolute atomic E-state index is 0. The third-order valence-electron chi connectivity index (χ3n) is 6.55. The van der Waals surface area contributed by atoms with Crippen LogP contribution in [-0.4, -0.2) is 119 Å². The fourth-order valence-electron chi connectivity index (χ4n) is 4.43. The number of hydrogen-bond donors (Lipinski definition) is 1. The molecule has 33 heavy (non-hydrogen) atoms. The van der Waals surface area contributed by atoms with Crippen LogP contribution in [0.25, 0.3) is 0 Å². The summed E-state index contributed by atoms with van der Waals surface area (Å²) in [6.45, 7) is 11.8. The number of nitrogens with one attached hydrogen (secondary N) is 1. The lowest BCUT2D eigenvalue weighted by Gasteiger charge is -2.36. The second-order valence-electron chi connectivity index (χ2n) is 8.77. The number of guanidine groups is 1. The molecule has 0 aliphatic carbocycles. The van der Waals surface area contributed by atoms with Crippen molar-refractivity contribution in [3.8, 4) is 11.5 Å². The van der Waals surface area contributed by atoms with Gasteiger partial charge in [0, 0.05) is 78.1 Å². The maximum absolute atomic E-state index is 5.54. The molecule has 0 unspecified atom stereocenters. The van der Waals surface area contributed by atoms with Crippen molar-refractivity contribution in [3.05, 3.63) is 23.8 Å². The second kappa shape index (κ2) is 14.9. The highest BCUT2D eigenvalue weighted by atomic mass is 127. The van der Waals surface area contributed by atoms with Crippen molar-refractivity contribution in [1.82, 2.24) is 24.9 Å². The number of aliphatic imine (C=N–C) groups is 1. The number of rotatable bonds is 9. The molecule has 0 spiro atoms. The zero-order valence-electron chi connectivity index (χ0n) is 20.9. The van der Waals surface area contributed by atoms with E-state index in [-0.39, 0.29) is 24.0 Å². The molecule has 0 bridgehead atoms. The van der Waals surface area contributed by atoms with Gasteiger partial charge in [0.05, 0.1) is 14.2 Å². The van der Waals surface area contributed by atoms with Gasteiger partial charge in [0.15, 0.2) is 5.96 Å². The Hall–Kier alpha value is -1.30. The Kier molecular flexibility index (Phi) is 12.6. The lowest BCUT2D eigenvalue weighted by Crippen LogP contribution is -2.52. The molecule has 1 aromatic carbocycles. The fraction of sp³-hybridized carbons (Fsp3) is 0.708. The molecule has 0 saturated carbocycles. The lowest BCUT2D eigenvalue weighted by atomic mass is 10.1. The first-order chi connectivity index (χ1) is 15.6. The molecular formula is C24H43IN6O2. The molecule has 0 amide bonds. The van der Waals surface area contributed by atoms with Crippen LogP contribution in [0.15, 0.2) is 23.2 Å². The third-order valence-corrected chi connectivity index (χ3v) is 6.55. The van der Waals surface area contributed by atoms with Crippen LogP contribution in [0.1, 0.15) is 18.4 Å². The van der Waals surface area contributed by atoms with E-state index in [0.29, 0.717) is 0 Å². The minimum atomic E-state index is 0. The van der Waals surface area contributed by atoms with Gasteiger partial charge in [0.2, 0.25) is 0 Å². The molecule has 2 aliphatic heterocycles. The summed E-state index contributed by atoms with van der Waals surface area (Å²) in [6.07, 6.45) is 2.42. The first-order valence-corrected chi connectivity index (χ1v) is 11.9. The van der Waals surface area contributed by atoms with Gasteiger partial charge in [0.25, 0.3) is 0 Å². The van der Waals surface area contributed by atoms with Gasteiger partial charge in [-0.2, -0.15) is 0 Å². The van der Waals surface area contributed by atoms with Crippen molar-refractivity contribution >= 4 is 29.9 Å². The van der Waals surface area contributed by atoms with Crippen molar-refractivity contribution < 1.29 is 9.47 Å². The molecular weight excluding hydrogens is 531 g/mol. The Morgan fingerprint density at radius 3 is 2.27 bits per heavy atom. The number of benzene rings is 1. The fourth-order valence-corrected chi connectivity index (χ4v) is 4.43. The van der Waals surface area contributed by atoms with Crippen LogP contribution in [0.5, 0.6) is 11.5 Å². The lowest BCUT2D eigenvalue weighted by molar-refractivity contribution is 0.152. The summed E-state index contributed by atoms with van der Waals surface area (Å²) in [4.78, 5) is 14.4. The van der Waals surface area contributed by atoms with Gasteiger partial charge in [-0.1, -0.05) is 0 Å². The maximum Gasteiger partial charge on any atom is 0.193 e. The molecule has 0 aromatic heterocycles. The molecule has 9 heteroatoms. The zero-order chi connectivity index (χ0) is 22.8. The summed E-state index contributed by atoms with van der Waals surface area (Å²) in [6, 6.07) is 6.01. The molecule has 2 fully saturated rings. The topological polar surface area (TPSA) is 55.8 Å². The smallest absolute Gasteiger partial charge is 0.193 e. The largest absolute Gasteiger partial charge is 0.497 e. The monoisotopic (exact) mass is 574 g/mol. The van der Waals surface area contributed by atoms with Gasteiger partial charge in [-0.3, -0.25) is 9.89 Å². The van der Waals surface area contributed by atoms with E-state index in [1.54, 1.807) is 14.2 Å². The number of nitrogens with zero attached hydrogens (tertiary/aromatic N) is 5. The van der Waals surface area contributed by atoms with Gasteiger partial charge in [-0.25, -0.2) is 0 Å². The van der Waals surface area contributed by atoms with E-state index in [1.165, 1.54) is 51.1 Å². The summed E-state index contributed by atoms with van der Waals surface area (Å²) < 4.78 is 10.9. The summed E-state index contributed by atoms with van der Waals surface area (Å²) >= 11 is 0. The summed E-state index contributed by atoms with van der Waals surface area (Å²) in [5, 5.41) is 3.58. The van der Waals surface area contributed by atoms with Crippen molar-refractivity contribution in [2.75, 3.05) is 93.8 Å². The number of ether oxygens (including phenoxy) is 2. The average molecular weight is 575 g/mol. The Morgan fingerprint density at radius 2 is 1.64 bits per heavy atom. The molecule has 3 rings (SSSR count). The van der Waals surface area contributed by atoms with Crippen LogP contribution in [0.4, 0.5) is 0 Å². The number of hydrogen-bond acceptors (Lipinski definition) is 6. The standard InChI is InChI=1S/C24H42N6O2.HI/c1-25-24(26-9-5-6-10-28-13-11-27(2)12-14-28)30-17-15-29(16-18-30)20-21-19-22(31-3)7-8-23(21)32-4;/h7-8,19H,5-6,9-18,20H2,1-4H3,(H,25,26);1H. The van der Waals surface area contributed by atoms with E-state index in [2.05, 4.69) is 43.0 Å². The second-order valence-corrected chi connectivity index (χ2v) is 8.77. The quantitative estimate of drug-likeness (QED) is 0.210. The van der Waals surface area contributed by atoms with Crippen LogP contribution in [0.3, 0.4) is 0 Å². The van der Waals surface area contributed by atoms with E-state index in [0.717, 1.165) is 56.7 Å². The molecule has 0 atom stereocenters. The predicted octanol–water partition coefficient (Wildman–Crippen LogP) is 2.04. The van der Waals surface area contributed by atoms with Crippen molar-refractivity contribution in [2.24, 2.45) is 4.99 Å². The van der Waals surface area contributed by atoms with Gasteiger partial charge in [-0.05, 0) is 44.6 Å². The number of halogens is 1. The predicted molar refractivity (Wildman–Crippen MR) is 146 cm³/mol.